The monoisotopic (exact) mass is 412 g/mol. The van der Waals surface area contributed by atoms with Gasteiger partial charge < -0.3 is 21.7 Å². The summed E-state index contributed by atoms with van der Waals surface area (Å²) in [7, 11) is 0. The van der Waals surface area contributed by atoms with Crippen LogP contribution in [0.1, 0.15) is 74.7 Å². The van der Waals surface area contributed by atoms with Gasteiger partial charge in [0, 0.05) is 18.4 Å². The summed E-state index contributed by atoms with van der Waals surface area (Å²) >= 11 is 0. The van der Waals surface area contributed by atoms with E-state index < -0.39 is 23.5 Å². The second-order valence-electron chi connectivity index (χ2n) is 10.1. The normalized spacial score (nSPS) is 14.1. The van der Waals surface area contributed by atoms with Crippen LogP contribution >= 0.6 is 0 Å². The Morgan fingerprint density at radius 2 is 1.48 bits per heavy atom. The SMILES string of the molecule is CC(C)C(NC(=O)CC(C)(C)C)C(=O)NC(CCCNC(N)=O)C(=O)C(C)(C)C. The van der Waals surface area contributed by atoms with E-state index in [9.17, 15) is 19.2 Å². The number of urea groups is 1. The molecule has 8 heteroatoms. The average molecular weight is 413 g/mol. The predicted molar refractivity (Wildman–Crippen MR) is 114 cm³/mol. The van der Waals surface area contributed by atoms with Gasteiger partial charge in [-0.3, -0.25) is 14.4 Å². The first-order valence-electron chi connectivity index (χ1n) is 10.2. The molecule has 0 aromatic carbocycles. The Bertz CT molecular complexity index is 588. The minimum atomic E-state index is -0.733. The highest BCUT2D eigenvalue weighted by Gasteiger charge is 2.33. The Morgan fingerprint density at radius 3 is 1.90 bits per heavy atom. The average Bonchev–Trinajstić information content (AvgIpc) is 2.51. The lowest BCUT2D eigenvalue weighted by Gasteiger charge is -2.29. The Kier molecular flexibility index (Phi) is 10.3. The van der Waals surface area contributed by atoms with E-state index in [-0.39, 0.29) is 28.9 Å². The highest BCUT2D eigenvalue weighted by molar-refractivity contribution is 5.95. The summed E-state index contributed by atoms with van der Waals surface area (Å²) in [5.74, 6) is -0.822. The molecule has 0 heterocycles. The van der Waals surface area contributed by atoms with E-state index in [1.807, 2.05) is 34.6 Å². The number of Topliss-reactive ketones (excluding diaryl/α,β-unsaturated/α-hetero) is 1. The fourth-order valence-corrected chi connectivity index (χ4v) is 2.81. The molecule has 0 aliphatic heterocycles. The van der Waals surface area contributed by atoms with Gasteiger partial charge in [-0.05, 0) is 24.2 Å². The van der Waals surface area contributed by atoms with E-state index in [1.54, 1.807) is 20.8 Å². The summed E-state index contributed by atoms with van der Waals surface area (Å²) < 4.78 is 0. The second-order valence-corrected chi connectivity index (χ2v) is 10.1. The smallest absolute Gasteiger partial charge is 0.312 e. The van der Waals surface area contributed by atoms with Crippen LogP contribution in [0.5, 0.6) is 0 Å². The minimum Gasteiger partial charge on any atom is -0.352 e. The molecule has 0 aromatic rings. The van der Waals surface area contributed by atoms with E-state index in [1.165, 1.54) is 0 Å². The zero-order valence-electron chi connectivity index (χ0n) is 19.3. The first kappa shape index (κ1) is 26.9. The maximum absolute atomic E-state index is 12.9. The van der Waals surface area contributed by atoms with Crippen molar-refractivity contribution in [1.82, 2.24) is 16.0 Å². The third-order valence-electron chi connectivity index (χ3n) is 4.30. The maximum Gasteiger partial charge on any atom is 0.312 e. The molecule has 0 bridgehead atoms. The molecule has 2 unspecified atom stereocenters. The van der Waals surface area contributed by atoms with Crippen molar-refractivity contribution in [3.63, 3.8) is 0 Å². The van der Waals surface area contributed by atoms with Gasteiger partial charge in [0.15, 0.2) is 5.78 Å². The number of hydrogen-bond acceptors (Lipinski definition) is 4. The van der Waals surface area contributed by atoms with Gasteiger partial charge in [-0.25, -0.2) is 4.79 Å². The summed E-state index contributed by atoms with van der Waals surface area (Å²) in [6.07, 6.45) is 1.15. The van der Waals surface area contributed by atoms with Gasteiger partial charge in [0.05, 0.1) is 6.04 Å². The molecule has 2 atom stereocenters. The summed E-state index contributed by atoms with van der Waals surface area (Å²) in [5, 5.41) is 8.09. The molecule has 0 aliphatic rings. The van der Waals surface area contributed by atoms with Gasteiger partial charge >= 0.3 is 6.03 Å². The molecule has 0 aliphatic carbocycles. The lowest BCUT2D eigenvalue weighted by Crippen LogP contribution is -2.55. The van der Waals surface area contributed by atoms with Crippen LogP contribution < -0.4 is 21.7 Å². The van der Waals surface area contributed by atoms with Crippen LogP contribution in [0.25, 0.3) is 0 Å². The van der Waals surface area contributed by atoms with Gasteiger partial charge in [0.2, 0.25) is 11.8 Å². The third-order valence-corrected chi connectivity index (χ3v) is 4.30. The van der Waals surface area contributed by atoms with Crippen LogP contribution in [-0.4, -0.2) is 42.3 Å². The van der Waals surface area contributed by atoms with Crippen molar-refractivity contribution in [1.29, 1.82) is 0 Å². The summed E-state index contributed by atoms with van der Waals surface area (Å²) in [6, 6.07) is -2.07. The number of primary amides is 1. The van der Waals surface area contributed by atoms with E-state index in [0.29, 0.717) is 25.8 Å². The van der Waals surface area contributed by atoms with Crippen LogP contribution in [0, 0.1) is 16.7 Å². The first-order chi connectivity index (χ1) is 13.0. The van der Waals surface area contributed by atoms with Crippen molar-refractivity contribution in [3.8, 4) is 0 Å². The van der Waals surface area contributed by atoms with Crippen LogP contribution in [0.3, 0.4) is 0 Å². The van der Waals surface area contributed by atoms with Crippen molar-refractivity contribution < 1.29 is 19.2 Å². The summed E-state index contributed by atoms with van der Waals surface area (Å²) in [6.45, 7) is 15.2. The number of amides is 4. The van der Waals surface area contributed by atoms with Crippen molar-refractivity contribution in [2.75, 3.05) is 6.54 Å². The fourth-order valence-electron chi connectivity index (χ4n) is 2.81. The number of carbonyl (C=O) groups is 4. The lowest BCUT2D eigenvalue weighted by atomic mass is 9.84. The molecule has 4 amide bonds. The van der Waals surface area contributed by atoms with Gasteiger partial charge in [-0.1, -0.05) is 55.4 Å². The number of hydrogen-bond donors (Lipinski definition) is 4. The lowest BCUT2D eigenvalue weighted by molar-refractivity contribution is -0.135. The number of rotatable bonds is 10. The minimum absolute atomic E-state index is 0.103. The third kappa shape index (κ3) is 11.5. The molecule has 0 saturated heterocycles. The predicted octanol–water partition coefficient (Wildman–Crippen LogP) is 2.11. The Hall–Kier alpha value is -2.12. The summed E-state index contributed by atoms with van der Waals surface area (Å²) in [4.78, 5) is 48.9. The standard InChI is InChI=1S/C21H40N4O4/c1-13(2)16(25-15(26)12-20(3,4)5)18(28)24-14(17(27)21(6,7)8)10-9-11-23-19(22)29/h13-14,16H,9-12H2,1-8H3,(H,24,28)(H,25,26)(H3,22,23,29). The molecular formula is C21H40N4O4. The van der Waals surface area contributed by atoms with Crippen LogP contribution in [0.2, 0.25) is 0 Å². The molecule has 0 fully saturated rings. The first-order valence-corrected chi connectivity index (χ1v) is 10.2. The molecule has 0 radical (unpaired) electrons. The van der Waals surface area contributed by atoms with Crippen molar-refractivity contribution in [2.45, 2.75) is 86.7 Å². The van der Waals surface area contributed by atoms with Gasteiger partial charge in [0.25, 0.3) is 0 Å². The number of nitrogens with one attached hydrogen (secondary N) is 3. The highest BCUT2D eigenvalue weighted by atomic mass is 16.2. The fraction of sp³-hybridized carbons (Fsp3) is 0.810. The zero-order valence-corrected chi connectivity index (χ0v) is 19.3. The molecular weight excluding hydrogens is 372 g/mol. The van der Waals surface area contributed by atoms with Crippen LogP contribution in [0.15, 0.2) is 0 Å². The Balaban J connectivity index is 5.22. The second kappa shape index (κ2) is 11.2. The van der Waals surface area contributed by atoms with Crippen molar-refractivity contribution >= 4 is 23.6 Å². The number of nitrogens with two attached hydrogens (primary N) is 1. The highest BCUT2D eigenvalue weighted by Crippen LogP contribution is 2.20. The largest absolute Gasteiger partial charge is 0.352 e. The van der Waals surface area contributed by atoms with E-state index in [4.69, 9.17) is 5.73 Å². The van der Waals surface area contributed by atoms with Gasteiger partial charge in [-0.15, -0.1) is 0 Å². The Labute approximate surface area is 175 Å². The van der Waals surface area contributed by atoms with Gasteiger partial charge in [-0.2, -0.15) is 0 Å². The molecule has 0 rings (SSSR count). The maximum atomic E-state index is 12.9. The van der Waals surface area contributed by atoms with Gasteiger partial charge in [0.1, 0.15) is 6.04 Å². The Morgan fingerprint density at radius 1 is 0.931 bits per heavy atom. The molecule has 8 nitrogen and oxygen atoms in total. The van der Waals surface area contributed by atoms with Crippen LogP contribution in [0.4, 0.5) is 4.79 Å². The number of ketones is 1. The van der Waals surface area contributed by atoms with Crippen molar-refractivity contribution in [2.24, 2.45) is 22.5 Å². The zero-order chi connectivity index (χ0) is 23.0. The molecule has 0 saturated carbocycles. The molecule has 0 aromatic heterocycles. The number of carbonyl (C=O) groups excluding carboxylic acids is 4. The summed E-state index contributed by atoms with van der Waals surface area (Å²) in [5.41, 5.74) is 4.22. The molecule has 0 spiro atoms. The van der Waals surface area contributed by atoms with E-state index in [0.717, 1.165) is 0 Å². The van der Waals surface area contributed by atoms with E-state index >= 15 is 0 Å². The molecule has 5 N–H and O–H groups in total. The van der Waals surface area contributed by atoms with Crippen LogP contribution in [-0.2, 0) is 14.4 Å². The van der Waals surface area contributed by atoms with Crippen molar-refractivity contribution in [3.05, 3.63) is 0 Å². The topological polar surface area (TPSA) is 130 Å². The molecule has 29 heavy (non-hydrogen) atoms. The quantitative estimate of drug-likeness (QED) is 0.409. The molecule has 168 valence electrons. The van der Waals surface area contributed by atoms with E-state index in [2.05, 4.69) is 16.0 Å².